The summed E-state index contributed by atoms with van der Waals surface area (Å²) in [6.45, 7) is 0. The summed E-state index contributed by atoms with van der Waals surface area (Å²) in [5.74, 6) is 1.41. The summed E-state index contributed by atoms with van der Waals surface area (Å²) in [5, 5.41) is 1.02. The minimum Gasteiger partial charge on any atom is -0.496 e. The average molecular weight is 313 g/mol. The summed E-state index contributed by atoms with van der Waals surface area (Å²) < 4.78 is 5.43. The number of pyridine rings is 1. The zero-order valence-corrected chi connectivity index (χ0v) is 13.2. The van der Waals surface area contributed by atoms with Crippen LogP contribution in [0.2, 0.25) is 0 Å². The van der Waals surface area contributed by atoms with Crippen molar-refractivity contribution in [1.82, 2.24) is 15.0 Å². The molecule has 0 bridgehead atoms. The smallest absolute Gasteiger partial charge is 0.178 e. The Kier molecular flexibility index (Phi) is 3.63. The van der Waals surface area contributed by atoms with Crippen LogP contribution in [0.1, 0.15) is 0 Å². The van der Waals surface area contributed by atoms with Crippen LogP contribution < -0.4 is 4.74 Å². The molecule has 116 valence electrons. The van der Waals surface area contributed by atoms with Gasteiger partial charge in [0.25, 0.3) is 0 Å². The van der Waals surface area contributed by atoms with Crippen molar-refractivity contribution < 1.29 is 4.74 Å². The molecule has 0 radical (unpaired) electrons. The number of nitrogens with zero attached hydrogens (tertiary/aromatic N) is 3. The fourth-order valence-corrected chi connectivity index (χ4v) is 2.66. The first-order chi connectivity index (χ1) is 11.8. The Morgan fingerprint density at radius 1 is 0.750 bits per heavy atom. The lowest BCUT2D eigenvalue weighted by molar-refractivity contribution is 0.416. The van der Waals surface area contributed by atoms with E-state index in [2.05, 4.69) is 9.97 Å². The SMILES string of the molecule is COc1ccccc1-c1cccc(-c2ncc3ccccc3n2)n1. The zero-order chi connectivity index (χ0) is 16.4. The molecule has 0 saturated heterocycles. The maximum absolute atomic E-state index is 5.43. The largest absolute Gasteiger partial charge is 0.496 e. The molecular formula is C20H15N3O. The number of para-hydroxylation sites is 2. The van der Waals surface area contributed by atoms with Crippen molar-refractivity contribution >= 4 is 10.9 Å². The number of hydrogen-bond acceptors (Lipinski definition) is 4. The molecule has 2 aromatic heterocycles. The van der Waals surface area contributed by atoms with Gasteiger partial charge in [-0.05, 0) is 30.3 Å². The van der Waals surface area contributed by atoms with E-state index in [9.17, 15) is 0 Å². The molecule has 0 aliphatic carbocycles. The molecule has 24 heavy (non-hydrogen) atoms. The van der Waals surface area contributed by atoms with E-state index in [0.29, 0.717) is 5.82 Å². The predicted molar refractivity (Wildman–Crippen MR) is 94.8 cm³/mol. The van der Waals surface area contributed by atoms with Crippen LogP contribution in [0.25, 0.3) is 33.7 Å². The first kappa shape index (κ1) is 14.3. The standard InChI is InChI=1S/C20H15N3O/c1-24-19-12-5-3-8-15(19)17-10-6-11-18(22-17)20-21-13-14-7-2-4-9-16(14)23-20/h2-13H,1H3. The first-order valence-electron chi connectivity index (χ1n) is 7.68. The molecular weight excluding hydrogens is 298 g/mol. The van der Waals surface area contributed by atoms with Crippen LogP contribution in [-0.4, -0.2) is 22.1 Å². The Labute approximate surface area is 139 Å². The lowest BCUT2D eigenvalue weighted by Crippen LogP contribution is -1.95. The molecule has 0 fully saturated rings. The van der Waals surface area contributed by atoms with E-state index in [0.717, 1.165) is 33.6 Å². The second kappa shape index (κ2) is 6.08. The van der Waals surface area contributed by atoms with Gasteiger partial charge in [-0.25, -0.2) is 15.0 Å². The van der Waals surface area contributed by atoms with Gasteiger partial charge in [-0.1, -0.05) is 36.4 Å². The number of ether oxygens (including phenoxy) is 1. The lowest BCUT2D eigenvalue weighted by atomic mass is 10.1. The summed E-state index contributed by atoms with van der Waals surface area (Å²) in [6.07, 6.45) is 1.83. The average Bonchev–Trinajstić information content (AvgIpc) is 2.67. The van der Waals surface area contributed by atoms with E-state index in [1.54, 1.807) is 7.11 Å². The van der Waals surface area contributed by atoms with Crippen LogP contribution in [0.4, 0.5) is 0 Å². The number of aromatic nitrogens is 3. The summed E-state index contributed by atoms with van der Waals surface area (Å²) in [6, 6.07) is 21.6. The van der Waals surface area contributed by atoms with E-state index in [4.69, 9.17) is 9.72 Å². The van der Waals surface area contributed by atoms with Crippen LogP contribution in [-0.2, 0) is 0 Å². The summed E-state index contributed by atoms with van der Waals surface area (Å²) in [7, 11) is 1.66. The van der Waals surface area contributed by atoms with Gasteiger partial charge < -0.3 is 4.74 Å². The first-order valence-corrected chi connectivity index (χ1v) is 7.68. The molecule has 4 aromatic rings. The number of fused-ring (bicyclic) bond motifs is 1. The van der Waals surface area contributed by atoms with E-state index in [1.807, 2.05) is 72.9 Å². The van der Waals surface area contributed by atoms with Crippen LogP contribution in [0.15, 0.2) is 72.9 Å². The molecule has 0 amide bonds. The molecule has 2 heterocycles. The van der Waals surface area contributed by atoms with Crippen molar-refractivity contribution in [3.63, 3.8) is 0 Å². The van der Waals surface area contributed by atoms with Gasteiger partial charge in [-0.15, -0.1) is 0 Å². The molecule has 0 N–H and O–H groups in total. The third kappa shape index (κ3) is 2.58. The van der Waals surface area contributed by atoms with E-state index >= 15 is 0 Å². The van der Waals surface area contributed by atoms with Crippen molar-refractivity contribution in [3.05, 3.63) is 72.9 Å². The van der Waals surface area contributed by atoms with Gasteiger partial charge in [0.05, 0.1) is 18.3 Å². The van der Waals surface area contributed by atoms with Crippen molar-refractivity contribution in [2.24, 2.45) is 0 Å². The molecule has 4 nitrogen and oxygen atoms in total. The van der Waals surface area contributed by atoms with E-state index in [-0.39, 0.29) is 0 Å². The van der Waals surface area contributed by atoms with Crippen LogP contribution in [0.5, 0.6) is 5.75 Å². The number of hydrogen-bond donors (Lipinski definition) is 0. The van der Waals surface area contributed by atoms with Crippen LogP contribution >= 0.6 is 0 Å². The van der Waals surface area contributed by atoms with E-state index < -0.39 is 0 Å². The molecule has 0 atom stereocenters. The highest BCUT2D eigenvalue weighted by Gasteiger charge is 2.09. The topological polar surface area (TPSA) is 47.9 Å². The van der Waals surface area contributed by atoms with Gasteiger partial charge in [0, 0.05) is 17.1 Å². The molecule has 0 saturated carbocycles. The third-order valence-corrected chi connectivity index (χ3v) is 3.85. The minimum absolute atomic E-state index is 0.616. The fraction of sp³-hybridized carbons (Fsp3) is 0.0500. The highest BCUT2D eigenvalue weighted by Crippen LogP contribution is 2.29. The van der Waals surface area contributed by atoms with Crippen molar-refractivity contribution in [2.45, 2.75) is 0 Å². The second-order valence-electron chi connectivity index (χ2n) is 5.36. The Morgan fingerprint density at radius 2 is 1.54 bits per heavy atom. The summed E-state index contributed by atoms with van der Waals surface area (Å²) in [5.41, 5.74) is 3.43. The Morgan fingerprint density at radius 3 is 2.46 bits per heavy atom. The van der Waals surface area contributed by atoms with Crippen LogP contribution in [0, 0.1) is 0 Å². The lowest BCUT2D eigenvalue weighted by Gasteiger charge is -2.09. The second-order valence-corrected chi connectivity index (χ2v) is 5.36. The minimum atomic E-state index is 0.616. The summed E-state index contributed by atoms with van der Waals surface area (Å²) in [4.78, 5) is 13.8. The monoisotopic (exact) mass is 313 g/mol. The quantitative estimate of drug-likeness (QED) is 0.563. The van der Waals surface area contributed by atoms with Gasteiger partial charge in [0.15, 0.2) is 5.82 Å². The molecule has 0 spiro atoms. The number of methoxy groups -OCH3 is 1. The van der Waals surface area contributed by atoms with Gasteiger partial charge in [0.2, 0.25) is 0 Å². The van der Waals surface area contributed by atoms with Crippen LogP contribution in [0.3, 0.4) is 0 Å². The molecule has 2 aromatic carbocycles. The van der Waals surface area contributed by atoms with Crippen molar-refractivity contribution in [2.75, 3.05) is 7.11 Å². The molecule has 0 aliphatic heterocycles. The van der Waals surface area contributed by atoms with Crippen molar-refractivity contribution in [1.29, 1.82) is 0 Å². The highest BCUT2D eigenvalue weighted by molar-refractivity contribution is 5.79. The Bertz CT molecular complexity index is 1010. The Balaban J connectivity index is 1.81. The van der Waals surface area contributed by atoms with Gasteiger partial charge in [-0.2, -0.15) is 0 Å². The van der Waals surface area contributed by atoms with Crippen molar-refractivity contribution in [3.8, 4) is 28.5 Å². The molecule has 0 aliphatic rings. The highest BCUT2D eigenvalue weighted by atomic mass is 16.5. The Hall–Kier alpha value is -3.27. The number of rotatable bonds is 3. The van der Waals surface area contributed by atoms with Gasteiger partial charge >= 0.3 is 0 Å². The maximum Gasteiger partial charge on any atom is 0.178 e. The zero-order valence-electron chi connectivity index (χ0n) is 13.2. The normalized spacial score (nSPS) is 10.7. The maximum atomic E-state index is 5.43. The van der Waals surface area contributed by atoms with Gasteiger partial charge in [-0.3, -0.25) is 0 Å². The van der Waals surface area contributed by atoms with Gasteiger partial charge in [0.1, 0.15) is 11.4 Å². The predicted octanol–water partition coefficient (Wildman–Crippen LogP) is 4.37. The molecule has 0 unspecified atom stereocenters. The molecule has 4 heteroatoms. The molecule has 4 rings (SSSR count). The summed E-state index contributed by atoms with van der Waals surface area (Å²) >= 11 is 0. The third-order valence-electron chi connectivity index (χ3n) is 3.85. The van der Waals surface area contributed by atoms with E-state index in [1.165, 1.54) is 0 Å². The fourth-order valence-electron chi connectivity index (χ4n) is 2.66. The number of benzene rings is 2.